The molecule has 0 aliphatic carbocycles. The van der Waals surface area contributed by atoms with E-state index in [1.165, 1.54) is 11.1 Å². The number of anilines is 1. The van der Waals surface area contributed by atoms with E-state index < -0.39 is 0 Å². The average Bonchev–Trinajstić information content (AvgIpc) is 2.41. The van der Waals surface area contributed by atoms with Gasteiger partial charge >= 0.3 is 0 Å². The Hall–Kier alpha value is -1.61. The maximum absolute atomic E-state index is 12.0. The molecular weight excluding hydrogens is 314 g/mol. The molecule has 0 spiro atoms. The van der Waals surface area contributed by atoms with E-state index in [0.717, 1.165) is 22.1 Å². The smallest absolute Gasteiger partial charge is 0.224 e. The first-order valence-electron chi connectivity index (χ1n) is 6.66. The Balaban J connectivity index is 1.90. The molecule has 0 saturated heterocycles. The number of amides is 1. The molecule has 0 radical (unpaired) electrons. The molecule has 1 N–H and O–H groups in total. The zero-order valence-corrected chi connectivity index (χ0v) is 13.3. The van der Waals surface area contributed by atoms with E-state index in [0.29, 0.717) is 6.42 Å². The molecule has 3 heteroatoms. The summed E-state index contributed by atoms with van der Waals surface area (Å²) in [4.78, 5) is 12.0. The van der Waals surface area contributed by atoms with Gasteiger partial charge in [0.05, 0.1) is 0 Å². The first-order chi connectivity index (χ1) is 9.54. The number of carbonyl (C=O) groups excluding carboxylic acids is 1. The summed E-state index contributed by atoms with van der Waals surface area (Å²) in [6.45, 7) is 4.05. The molecule has 2 rings (SSSR count). The van der Waals surface area contributed by atoms with Gasteiger partial charge < -0.3 is 5.32 Å². The zero-order valence-electron chi connectivity index (χ0n) is 11.7. The highest BCUT2D eigenvalue weighted by Crippen LogP contribution is 2.20. The van der Waals surface area contributed by atoms with Crippen LogP contribution in [-0.2, 0) is 11.2 Å². The second kappa shape index (κ2) is 6.71. The summed E-state index contributed by atoms with van der Waals surface area (Å²) in [5, 5.41) is 2.96. The zero-order chi connectivity index (χ0) is 14.5. The van der Waals surface area contributed by atoms with Gasteiger partial charge in [0, 0.05) is 16.6 Å². The summed E-state index contributed by atoms with van der Waals surface area (Å²) < 4.78 is 1.02. The Morgan fingerprint density at radius 3 is 2.45 bits per heavy atom. The lowest BCUT2D eigenvalue weighted by molar-refractivity contribution is -0.116. The van der Waals surface area contributed by atoms with Gasteiger partial charge in [-0.05, 0) is 49.6 Å². The molecule has 2 nitrogen and oxygen atoms in total. The molecule has 2 aromatic carbocycles. The van der Waals surface area contributed by atoms with Gasteiger partial charge in [-0.2, -0.15) is 0 Å². The van der Waals surface area contributed by atoms with Crippen molar-refractivity contribution in [2.75, 3.05) is 5.32 Å². The van der Waals surface area contributed by atoms with Gasteiger partial charge in [-0.25, -0.2) is 0 Å². The Bertz CT molecular complexity index is 605. The van der Waals surface area contributed by atoms with Crippen LogP contribution in [0.25, 0.3) is 0 Å². The van der Waals surface area contributed by atoms with E-state index in [2.05, 4.69) is 52.4 Å². The quantitative estimate of drug-likeness (QED) is 0.868. The lowest BCUT2D eigenvalue weighted by atomic mass is 10.1. The number of hydrogen-bond acceptors (Lipinski definition) is 1. The minimum absolute atomic E-state index is 0.0518. The highest BCUT2D eigenvalue weighted by Gasteiger charge is 2.05. The van der Waals surface area contributed by atoms with E-state index in [1.807, 2.05) is 25.1 Å². The third-order valence-corrected chi connectivity index (χ3v) is 3.72. The topological polar surface area (TPSA) is 29.1 Å². The summed E-state index contributed by atoms with van der Waals surface area (Å²) in [6.07, 6.45) is 1.26. The maximum Gasteiger partial charge on any atom is 0.224 e. The van der Waals surface area contributed by atoms with E-state index in [4.69, 9.17) is 0 Å². The molecule has 104 valence electrons. The number of nitrogens with one attached hydrogen (secondary N) is 1. The van der Waals surface area contributed by atoms with Gasteiger partial charge in [-0.1, -0.05) is 45.8 Å². The van der Waals surface area contributed by atoms with Crippen molar-refractivity contribution in [1.82, 2.24) is 0 Å². The fraction of sp³-hybridized carbons (Fsp3) is 0.235. The highest BCUT2D eigenvalue weighted by atomic mass is 79.9. The van der Waals surface area contributed by atoms with Crippen molar-refractivity contribution in [3.63, 3.8) is 0 Å². The Kier molecular flexibility index (Phi) is 4.96. The second-order valence-corrected chi connectivity index (χ2v) is 5.91. The first kappa shape index (κ1) is 14.8. The summed E-state index contributed by atoms with van der Waals surface area (Å²) in [7, 11) is 0. The lowest BCUT2D eigenvalue weighted by Crippen LogP contribution is -2.13. The van der Waals surface area contributed by atoms with Crippen LogP contribution >= 0.6 is 15.9 Å². The molecule has 0 aliphatic rings. The third kappa shape index (κ3) is 4.20. The summed E-state index contributed by atoms with van der Waals surface area (Å²) in [6, 6.07) is 14.2. The van der Waals surface area contributed by atoms with Gasteiger partial charge in [0.25, 0.3) is 0 Å². The van der Waals surface area contributed by atoms with Crippen LogP contribution in [-0.4, -0.2) is 5.91 Å². The minimum atomic E-state index is 0.0518. The summed E-state index contributed by atoms with van der Waals surface area (Å²) >= 11 is 3.42. The van der Waals surface area contributed by atoms with Crippen molar-refractivity contribution in [2.45, 2.75) is 26.7 Å². The van der Waals surface area contributed by atoms with Crippen LogP contribution in [0.1, 0.15) is 23.1 Å². The molecule has 0 heterocycles. The van der Waals surface area contributed by atoms with E-state index in [1.54, 1.807) is 0 Å². The van der Waals surface area contributed by atoms with Crippen molar-refractivity contribution in [1.29, 1.82) is 0 Å². The van der Waals surface area contributed by atoms with Crippen LogP contribution in [0.15, 0.2) is 46.9 Å². The van der Waals surface area contributed by atoms with E-state index >= 15 is 0 Å². The number of rotatable bonds is 4. The molecule has 0 aliphatic heterocycles. The maximum atomic E-state index is 12.0. The monoisotopic (exact) mass is 331 g/mol. The van der Waals surface area contributed by atoms with Crippen molar-refractivity contribution in [2.24, 2.45) is 0 Å². The Morgan fingerprint density at radius 2 is 1.80 bits per heavy atom. The van der Waals surface area contributed by atoms with Crippen molar-refractivity contribution in [3.05, 3.63) is 63.6 Å². The summed E-state index contributed by atoms with van der Waals surface area (Å²) in [5.41, 5.74) is 4.37. The van der Waals surface area contributed by atoms with Crippen LogP contribution in [0, 0.1) is 13.8 Å². The molecule has 0 saturated carbocycles. The minimum Gasteiger partial charge on any atom is -0.326 e. The molecule has 20 heavy (non-hydrogen) atoms. The first-order valence-corrected chi connectivity index (χ1v) is 7.45. The Morgan fingerprint density at radius 1 is 1.10 bits per heavy atom. The number of aryl methyl sites for hydroxylation is 3. The third-order valence-electron chi connectivity index (χ3n) is 3.22. The SMILES string of the molecule is Cc1ccc(CCC(=O)Nc2ccc(Br)cc2C)cc1. The van der Waals surface area contributed by atoms with E-state index in [9.17, 15) is 4.79 Å². The fourth-order valence-corrected chi connectivity index (χ4v) is 2.47. The van der Waals surface area contributed by atoms with Crippen molar-refractivity contribution >= 4 is 27.5 Å². The van der Waals surface area contributed by atoms with Crippen LogP contribution in [0.5, 0.6) is 0 Å². The van der Waals surface area contributed by atoms with Crippen LogP contribution in [0.2, 0.25) is 0 Å². The van der Waals surface area contributed by atoms with Gasteiger partial charge in [0.1, 0.15) is 0 Å². The summed E-state index contributed by atoms with van der Waals surface area (Å²) in [5.74, 6) is 0.0518. The molecule has 0 atom stereocenters. The van der Waals surface area contributed by atoms with Crippen molar-refractivity contribution < 1.29 is 4.79 Å². The normalized spacial score (nSPS) is 10.3. The van der Waals surface area contributed by atoms with Crippen LogP contribution < -0.4 is 5.32 Å². The van der Waals surface area contributed by atoms with Gasteiger partial charge in [-0.15, -0.1) is 0 Å². The predicted octanol–water partition coefficient (Wildman–Crippen LogP) is 4.64. The largest absolute Gasteiger partial charge is 0.326 e. The highest BCUT2D eigenvalue weighted by molar-refractivity contribution is 9.10. The van der Waals surface area contributed by atoms with Gasteiger partial charge in [0.15, 0.2) is 0 Å². The Labute approximate surface area is 128 Å². The predicted molar refractivity (Wildman–Crippen MR) is 87.0 cm³/mol. The molecule has 0 fully saturated rings. The number of carbonyl (C=O) groups is 1. The van der Waals surface area contributed by atoms with Crippen LogP contribution in [0.4, 0.5) is 5.69 Å². The number of benzene rings is 2. The molecule has 1 amide bonds. The van der Waals surface area contributed by atoms with Crippen LogP contribution in [0.3, 0.4) is 0 Å². The van der Waals surface area contributed by atoms with Gasteiger partial charge in [-0.3, -0.25) is 4.79 Å². The average molecular weight is 332 g/mol. The van der Waals surface area contributed by atoms with Crippen molar-refractivity contribution in [3.8, 4) is 0 Å². The fourth-order valence-electron chi connectivity index (χ4n) is 1.99. The second-order valence-electron chi connectivity index (χ2n) is 4.99. The molecule has 0 aromatic heterocycles. The van der Waals surface area contributed by atoms with E-state index in [-0.39, 0.29) is 5.91 Å². The number of hydrogen-bond donors (Lipinski definition) is 1. The molecular formula is C17H18BrNO. The molecule has 2 aromatic rings. The standard InChI is InChI=1S/C17H18BrNO/c1-12-3-5-14(6-4-12)7-10-17(20)19-16-9-8-15(18)11-13(16)2/h3-6,8-9,11H,7,10H2,1-2H3,(H,19,20). The number of halogens is 1. The molecule has 0 bridgehead atoms. The molecule has 0 unspecified atom stereocenters. The lowest BCUT2D eigenvalue weighted by Gasteiger charge is -2.09. The van der Waals surface area contributed by atoms with Gasteiger partial charge in [0.2, 0.25) is 5.91 Å².